The van der Waals surface area contributed by atoms with Crippen molar-refractivity contribution >= 4 is 29.0 Å². The van der Waals surface area contributed by atoms with Gasteiger partial charge in [0, 0.05) is 11.3 Å². The highest BCUT2D eigenvalue weighted by Crippen LogP contribution is 2.34. The quantitative estimate of drug-likeness (QED) is 0.859. The molecule has 1 aromatic heterocycles. The molecule has 0 fully saturated rings. The number of hydrogen-bond acceptors (Lipinski definition) is 3. The van der Waals surface area contributed by atoms with Crippen LogP contribution >= 0.6 is 23.2 Å². The lowest BCUT2D eigenvalue weighted by Gasteiger charge is -2.13. The van der Waals surface area contributed by atoms with E-state index >= 15 is 0 Å². The van der Waals surface area contributed by atoms with E-state index in [1.54, 1.807) is 12.1 Å². The van der Waals surface area contributed by atoms with Gasteiger partial charge < -0.3 is 5.73 Å². The van der Waals surface area contributed by atoms with Crippen LogP contribution < -0.4 is 5.73 Å². The van der Waals surface area contributed by atoms with E-state index in [2.05, 4.69) is 11.1 Å². The number of nitriles is 1. The smallest absolute Gasteiger partial charge is 0.142 e. The molecular formula is C14H11Cl2N3. The average Bonchev–Trinajstić information content (AvgIpc) is 2.37. The highest BCUT2D eigenvalue weighted by molar-refractivity contribution is 6.42. The topological polar surface area (TPSA) is 62.7 Å². The van der Waals surface area contributed by atoms with Gasteiger partial charge >= 0.3 is 0 Å². The first-order valence-electron chi connectivity index (χ1n) is 5.58. The third-order valence-electron chi connectivity index (χ3n) is 3.03. The third-order valence-corrected chi connectivity index (χ3v) is 3.77. The molecule has 2 N–H and O–H groups in total. The van der Waals surface area contributed by atoms with E-state index in [4.69, 9.17) is 28.9 Å². The number of benzene rings is 1. The summed E-state index contributed by atoms with van der Waals surface area (Å²) in [5, 5.41) is 10.2. The first-order valence-corrected chi connectivity index (χ1v) is 6.33. The molecule has 0 saturated carbocycles. The van der Waals surface area contributed by atoms with E-state index in [0.29, 0.717) is 15.6 Å². The zero-order chi connectivity index (χ0) is 14.2. The maximum atomic E-state index is 9.27. The van der Waals surface area contributed by atoms with Crippen molar-refractivity contribution in [3.8, 4) is 17.2 Å². The number of pyridine rings is 1. The van der Waals surface area contributed by atoms with Crippen LogP contribution in [0.3, 0.4) is 0 Å². The van der Waals surface area contributed by atoms with Gasteiger partial charge in [-0.25, -0.2) is 4.98 Å². The predicted molar refractivity (Wildman–Crippen MR) is 78.3 cm³/mol. The van der Waals surface area contributed by atoms with Crippen LogP contribution in [0.1, 0.15) is 16.8 Å². The van der Waals surface area contributed by atoms with Crippen LogP contribution in [-0.2, 0) is 0 Å². The normalized spacial score (nSPS) is 10.3. The average molecular weight is 292 g/mol. The highest BCUT2D eigenvalue weighted by Gasteiger charge is 2.16. The van der Waals surface area contributed by atoms with Gasteiger partial charge in [-0.15, -0.1) is 0 Å². The summed E-state index contributed by atoms with van der Waals surface area (Å²) in [6, 6.07) is 7.34. The molecule has 19 heavy (non-hydrogen) atoms. The maximum Gasteiger partial charge on any atom is 0.142 e. The number of rotatable bonds is 1. The number of nitrogens with zero attached hydrogens (tertiary/aromatic N) is 2. The van der Waals surface area contributed by atoms with Crippen molar-refractivity contribution in [2.75, 3.05) is 5.73 Å². The Morgan fingerprint density at radius 1 is 1.21 bits per heavy atom. The Kier molecular flexibility index (Phi) is 3.66. The van der Waals surface area contributed by atoms with Gasteiger partial charge in [-0.3, -0.25) is 0 Å². The molecule has 0 aliphatic carbocycles. The van der Waals surface area contributed by atoms with Crippen LogP contribution in [-0.4, -0.2) is 4.98 Å². The molecule has 0 radical (unpaired) electrons. The monoisotopic (exact) mass is 291 g/mol. The standard InChI is InChI=1S/C14H11Cl2N3/c1-7-8(2)19-14(18)10(6-17)13(7)9-3-4-11(15)12(16)5-9/h3-5H,1-2H3,(H2,18,19). The summed E-state index contributed by atoms with van der Waals surface area (Å²) < 4.78 is 0. The van der Waals surface area contributed by atoms with Crippen LogP contribution in [0.2, 0.25) is 10.0 Å². The van der Waals surface area contributed by atoms with Gasteiger partial charge in [0.25, 0.3) is 0 Å². The second-order valence-electron chi connectivity index (χ2n) is 4.20. The number of aryl methyl sites for hydroxylation is 1. The van der Waals surface area contributed by atoms with Crippen LogP contribution in [0, 0.1) is 25.2 Å². The summed E-state index contributed by atoms with van der Waals surface area (Å²) >= 11 is 11.9. The first-order chi connectivity index (χ1) is 8.95. The first kappa shape index (κ1) is 13.7. The number of nitrogen functional groups attached to an aromatic ring is 1. The fourth-order valence-corrected chi connectivity index (χ4v) is 2.24. The SMILES string of the molecule is Cc1nc(N)c(C#N)c(-c2ccc(Cl)c(Cl)c2)c1C. The second-order valence-corrected chi connectivity index (χ2v) is 5.01. The molecule has 96 valence electrons. The Morgan fingerprint density at radius 2 is 1.89 bits per heavy atom. The molecule has 5 heteroatoms. The molecule has 0 amide bonds. The summed E-state index contributed by atoms with van der Waals surface area (Å²) in [5.74, 6) is 0.228. The molecule has 0 unspecified atom stereocenters. The molecule has 0 spiro atoms. The van der Waals surface area contributed by atoms with E-state index in [-0.39, 0.29) is 5.82 Å². The minimum absolute atomic E-state index is 0.228. The molecule has 0 aliphatic heterocycles. The van der Waals surface area contributed by atoms with Crippen LogP contribution in [0.25, 0.3) is 11.1 Å². The van der Waals surface area contributed by atoms with Gasteiger partial charge in [0.2, 0.25) is 0 Å². The van der Waals surface area contributed by atoms with Crippen molar-refractivity contribution in [1.29, 1.82) is 5.26 Å². The van der Waals surface area contributed by atoms with E-state index in [9.17, 15) is 5.26 Å². The van der Waals surface area contributed by atoms with Gasteiger partial charge in [-0.2, -0.15) is 5.26 Å². The van der Waals surface area contributed by atoms with Crippen LogP contribution in [0.15, 0.2) is 18.2 Å². The van der Waals surface area contributed by atoms with Crippen molar-refractivity contribution in [2.24, 2.45) is 0 Å². The second kappa shape index (κ2) is 5.08. The Balaban J connectivity index is 2.81. The maximum absolute atomic E-state index is 9.27. The summed E-state index contributed by atoms with van der Waals surface area (Å²) in [5.41, 5.74) is 9.43. The van der Waals surface area contributed by atoms with Crippen molar-refractivity contribution in [3.63, 3.8) is 0 Å². The van der Waals surface area contributed by atoms with Crippen molar-refractivity contribution in [3.05, 3.63) is 45.1 Å². The Bertz CT molecular complexity index is 703. The molecule has 0 saturated heterocycles. The fraction of sp³-hybridized carbons (Fsp3) is 0.143. The molecule has 0 atom stereocenters. The van der Waals surface area contributed by atoms with Gasteiger partial charge in [0.15, 0.2) is 0 Å². The van der Waals surface area contributed by atoms with Gasteiger partial charge in [-0.1, -0.05) is 29.3 Å². The summed E-state index contributed by atoms with van der Waals surface area (Å²) in [6.07, 6.45) is 0. The largest absolute Gasteiger partial charge is 0.383 e. The molecule has 1 heterocycles. The summed E-state index contributed by atoms with van der Waals surface area (Å²) in [6.45, 7) is 3.76. The zero-order valence-electron chi connectivity index (χ0n) is 10.5. The summed E-state index contributed by atoms with van der Waals surface area (Å²) in [4.78, 5) is 4.17. The predicted octanol–water partition coefficient (Wildman–Crippen LogP) is 4.13. The molecule has 3 nitrogen and oxygen atoms in total. The Labute approximate surface area is 121 Å². The number of aromatic nitrogens is 1. The third kappa shape index (κ3) is 2.37. The fourth-order valence-electron chi connectivity index (χ4n) is 1.94. The molecular weight excluding hydrogens is 281 g/mol. The lowest BCUT2D eigenvalue weighted by Crippen LogP contribution is -2.02. The number of anilines is 1. The number of halogens is 2. The van der Waals surface area contributed by atoms with Crippen LogP contribution in [0.4, 0.5) is 5.82 Å². The van der Waals surface area contributed by atoms with Gasteiger partial charge in [0.05, 0.1) is 10.0 Å². The van der Waals surface area contributed by atoms with Gasteiger partial charge in [-0.05, 0) is 37.1 Å². The Morgan fingerprint density at radius 3 is 2.47 bits per heavy atom. The molecule has 2 rings (SSSR count). The minimum atomic E-state index is 0.228. The van der Waals surface area contributed by atoms with E-state index in [1.807, 2.05) is 19.9 Å². The molecule has 1 aromatic carbocycles. The number of hydrogen-bond donors (Lipinski definition) is 1. The minimum Gasteiger partial charge on any atom is -0.383 e. The van der Waals surface area contributed by atoms with E-state index < -0.39 is 0 Å². The van der Waals surface area contributed by atoms with Crippen molar-refractivity contribution in [2.45, 2.75) is 13.8 Å². The molecule has 0 bridgehead atoms. The Hall–Kier alpha value is -1.76. The van der Waals surface area contributed by atoms with E-state index in [1.165, 1.54) is 0 Å². The van der Waals surface area contributed by atoms with Gasteiger partial charge in [0.1, 0.15) is 17.5 Å². The highest BCUT2D eigenvalue weighted by atomic mass is 35.5. The lowest BCUT2D eigenvalue weighted by atomic mass is 9.95. The van der Waals surface area contributed by atoms with E-state index in [0.717, 1.165) is 22.4 Å². The van der Waals surface area contributed by atoms with Crippen molar-refractivity contribution < 1.29 is 0 Å². The van der Waals surface area contributed by atoms with Crippen LogP contribution in [0.5, 0.6) is 0 Å². The molecule has 0 aliphatic rings. The molecule has 2 aromatic rings. The number of nitrogens with two attached hydrogens (primary N) is 1. The summed E-state index contributed by atoms with van der Waals surface area (Å²) in [7, 11) is 0. The zero-order valence-corrected chi connectivity index (χ0v) is 12.0. The van der Waals surface area contributed by atoms with Crippen molar-refractivity contribution in [1.82, 2.24) is 4.98 Å². The lowest BCUT2D eigenvalue weighted by molar-refractivity contribution is 1.15.